The number of ether oxygens (including phenoxy) is 1. The molecule has 1 aromatic carbocycles. The fourth-order valence-corrected chi connectivity index (χ4v) is 3.86. The Balaban J connectivity index is 1.89. The summed E-state index contributed by atoms with van der Waals surface area (Å²) >= 11 is 0. The van der Waals surface area contributed by atoms with Crippen molar-refractivity contribution in [2.45, 2.75) is 26.3 Å². The summed E-state index contributed by atoms with van der Waals surface area (Å²) in [7, 11) is 2.00. The van der Waals surface area contributed by atoms with Gasteiger partial charge in [0.05, 0.1) is 17.8 Å². The SMILES string of the molecule is CCCNCc1cc2cc3c(cc2n1C)OCCc1c-3[nH]c(=O)c(C(=O)O)c1O. The van der Waals surface area contributed by atoms with Crippen LogP contribution in [0.25, 0.3) is 22.2 Å². The van der Waals surface area contributed by atoms with Gasteiger partial charge in [0.15, 0.2) is 5.56 Å². The molecule has 3 heterocycles. The van der Waals surface area contributed by atoms with Gasteiger partial charge in [0.2, 0.25) is 0 Å². The van der Waals surface area contributed by atoms with E-state index >= 15 is 0 Å². The number of carboxylic acid groups (broad SMARTS) is 1. The van der Waals surface area contributed by atoms with E-state index in [1.54, 1.807) is 0 Å². The number of aromatic amines is 1. The molecule has 0 bridgehead atoms. The number of nitrogens with zero attached hydrogens (tertiary/aromatic N) is 1. The van der Waals surface area contributed by atoms with Gasteiger partial charge in [-0.05, 0) is 25.1 Å². The number of aryl methyl sites for hydroxylation is 1. The summed E-state index contributed by atoms with van der Waals surface area (Å²) in [4.78, 5) is 26.3. The molecule has 0 saturated carbocycles. The molecule has 29 heavy (non-hydrogen) atoms. The van der Waals surface area contributed by atoms with Crippen LogP contribution < -0.4 is 15.6 Å². The molecule has 0 amide bonds. The first-order valence-electron chi connectivity index (χ1n) is 9.60. The van der Waals surface area contributed by atoms with Crippen molar-refractivity contribution in [3.05, 3.63) is 45.4 Å². The van der Waals surface area contributed by atoms with E-state index < -0.39 is 22.8 Å². The third-order valence-corrected chi connectivity index (χ3v) is 5.36. The van der Waals surface area contributed by atoms with E-state index in [1.807, 2.05) is 19.2 Å². The van der Waals surface area contributed by atoms with Gasteiger partial charge < -0.3 is 29.8 Å². The standard InChI is InChI=1S/C21H23N3O5/c1-3-5-22-10-12-7-11-8-14-16(9-15(11)24(12)2)29-6-4-13-18(14)23-20(26)17(19(13)25)21(27)28/h7-9,22H,3-6,10H2,1-2H3,(H,27,28)(H2,23,25,26). The van der Waals surface area contributed by atoms with Gasteiger partial charge in [-0.25, -0.2) is 4.79 Å². The molecule has 8 heteroatoms. The van der Waals surface area contributed by atoms with Crippen LogP contribution in [0.3, 0.4) is 0 Å². The largest absolute Gasteiger partial charge is 0.506 e. The van der Waals surface area contributed by atoms with Crippen molar-refractivity contribution in [2.24, 2.45) is 7.05 Å². The van der Waals surface area contributed by atoms with E-state index in [0.29, 0.717) is 22.6 Å². The zero-order valence-electron chi connectivity index (χ0n) is 16.3. The van der Waals surface area contributed by atoms with Crippen molar-refractivity contribution in [3.8, 4) is 22.8 Å². The van der Waals surface area contributed by atoms with Crippen molar-refractivity contribution >= 4 is 16.9 Å². The average Bonchev–Trinajstić information content (AvgIpc) is 2.86. The van der Waals surface area contributed by atoms with Gasteiger partial charge in [-0.3, -0.25) is 4.79 Å². The molecule has 2 aromatic heterocycles. The number of nitrogens with one attached hydrogen (secondary N) is 2. The minimum Gasteiger partial charge on any atom is -0.506 e. The number of H-pyrrole nitrogens is 1. The highest BCUT2D eigenvalue weighted by Crippen LogP contribution is 2.40. The molecule has 152 valence electrons. The third-order valence-electron chi connectivity index (χ3n) is 5.36. The van der Waals surface area contributed by atoms with Crippen molar-refractivity contribution in [3.63, 3.8) is 0 Å². The molecule has 0 radical (unpaired) electrons. The van der Waals surface area contributed by atoms with Crippen LogP contribution in [-0.4, -0.2) is 38.9 Å². The zero-order chi connectivity index (χ0) is 20.7. The molecule has 0 atom stereocenters. The monoisotopic (exact) mass is 397 g/mol. The molecular formula is C21H23N3O5. The Morgan fingerprint density at radius 3 is 2.86 bits per heavy atom. The number of benzene rings is 1. The van der Waals surface area contributed by atoms with Crippen LogP contribution >= 0.6 is 0 Å². The van der Waals surface area contributed by atoms with Crippen LogP contribution in [0.15, 0.2) is 23.0 Å². The molecular weight excluding hydrogens is 374 g/mol. The minimum absolute atomic E-state index is 0.263. The van der Waals surface area contributed by atoms with Crippen LogP contribution in [0.4, 0.5) is 0 Å². The predicted octanol–water partition coefficient (Wildman–Crippen LogP) is 2.37. The Labute approximate surface area is 166 Å². The van der Waals surface area contributed by atoms with Crippen LogP contribution in [0, 0.1) is 0 Å². The number of pyridine rings is 1. The van der Waals surface area contributed by atoms with Crippen LogP contribution in [0.1, 0.15) is 35.0 Å². The normalized spacial score (nSPS) is 12.9. The van der Waals surface area contributed by atoms with Gasteiger partial charge in [0.1, 0.15) is 11.5 Å². The second-order valence-electron chi connectivity index (χ2n) is 7.21. The Kier molecular flexibility index (Phi) is 4.79. The number of hydrogen-bond acceptors (Lipinski definition) is 5. The Morgan fingerprint density at radius 1 is 1.34 bits per heavy atom. The van der Waals surface area contributed by atoms with Crippen molar-refractivity contribution in [2.75, 3.05) is 13.2 Å². The Morgan fingerprint density at radius 2 is 2.14 bits per heavy atom. The number of fused-ring (bicyclic) bond motifs is 4. The number of aromatic hydroxyl groups is 1. The van der Waals surface area contributed by atoms with E-state index in [2.05, 4.69) is 27.9 Å². The zero-order valence-corrected chi connectivity index (χ0v) is 16.3. The summed E-state index contributed by atoms with van der Waals surface area (Å²) in [5.41, 5.74) is 2.05. The predicted molar refractivity (Wildman–Crippen MR) is 109 cm³/mol. The first-order chi connectivity index (χ1) is 13.9. The number of hydrogen-bond donors (Lipinski definition) is 4. The summed E-state index contributed by atoms with van der Waals surface area (Å²) in [5.74, 6) is -1.37. The molecule has 1 aliphatic rings. The highest BCUT2D eigenvalue weighted by atomic mass is 16.5. The quantitative estimate of drug-likeness (QED) is 0.491. The summed E-state index contributed by atoms with van der Waals surface area (Å²) in [6.07, 6.45) is 1.34. The number of aromatic nitrogens is 2. The van der Waals surface area contributed by atoms with Gasteiger partial charge in [-0.15, -0.1) is 0 Å². The lowest BCUT2D eigenvalue weighted by Crippen LogP contribution is -2.20. The minimum atomic E-state index is -1.46. The summed E-state index contributed by atoms with van der Waals surface area (Å²) in [6, 6.07) is 5.91. The van der Waals surface area contributed by atoms with Gasteiger partial charge in [0, 0.05) is 48.3 Å². The Bertz CT molecular complexity index is 1180. The highest BCUT2D eigenvalue weighted by molar-refractivity contribution is 5.94. The molecule has 0 saturated heterocycles. The lowest BCUT2D eigenvalue weighted by molar-refractivity contribution is 0.0691. The number of carbonyl (C=O) groups is 1. The summed E-state index contributed by atoms with van der Waals surface area (Å²) in [5, 5.41) is 24.1. The van der Waals surface area contributed by atoms with E-state index in [0.717, 1.165) is 36.1 Å². The van der Waals surface area contributed by atoms with Gasteiger partial charge in [-0.1, -0.05) is 6.92 Å². The molecule has 8 nitrogen and oxygen atoms in total. The van der Waals surface area contributed by atoms with Gasteiger partial charge in [-0.2, -0.15) is 0 Å². The van der Waals surface area contributed by atoms with E-state index in [-0.39, 0.29) is 13.0 Å². The number of aromatic carboxylic acids is 1. The second-order valence-corrected chi connectivity index (χ2v) is 7.21. The second kappa shape index (κ2) is 7.29. The molecule has 0 fully saturated rings. The summed E-state index contributed by atoms with van der Waals surface area (Å²) in [6.45, 7) is 4.05. The molecule has 0 aliphatic carbocycles. The maximum absolute atomic E-state index is 12.3. The fraction of sp³-hybridized carbons (Fsp3) is 0.333. The summed E-state index contributed by atoms with van der Waals surface area (Å²) < 4.78 is 7.99. The average molecular weight is 397 g/mol. The topological polar surface area (TPSA) is 117 Å². The molecule has 0 spiro atoms. The molecule has 0 unspecified atom stereocenters. The Hall–Kier alpha value is -3.26. The number of carboxylic acids is 1. The van der Waals surface area contributed by atoms with E-state index in [4.69, 9.17) is 4.74 Å². The van der Waals surface area contributed by atoms with Crippen molar-refractivity contribution in [1.29, 1.82) is 0 Å². The molecule has 4 N–H and O–H groups in total. The maximum Gasteiger partial charge on any atom is 0.345 e. The van der Waals surface area contributed by atoms with E-state index in [9.17, 15) is 19.8 Å². The van der Waals surface area contributed by atoms with Crippen LogP contribution in [-0.2, 0) is 20.0 Å². The molecule has 3 aromatic rings. The lowest BCUT2D eigenvalue weighted by Gasteiger charge is -2.12. The molecule has 4 rings (SSSR count). The van der Waals surface area contributed by atoms with Crippen LogP contribution in [0.5, 0.6) is 11.5 Å². The van der Waals surface area contributed by atoms with Crippen LogP contribution in [0.2, 0.25) is 0 Å². The van der Waals surface area contributed by atoms with Gasteiger partial charge >= 0.3 is 5.97 Å². The first-order valence-corrected chi connectivity index (χ1v) is 9.60. The highest BCUT2D eigenvalue weighted by Gasteiger charge is 2.26. The first kappa shape index (κ1) is 19.1. The van der Waals surface area contributed by atoms with Crippen molar-refractivity contribution < 1.29 is 19.7 Å². The van der Waals surface area contributed by atoms with Crippen molar-refractivity contribution in [1.82, 2.24) is 14.9 Å². The fourth-order valence-electron chi connectivity index (χ4n) is 3.86. The molecule has 1 aliphatic heterocycles. The number of rotatable bonds is 5. The van der Waals surface area contributed by atoms with Gasteiger partial charge in [0.25, 0.3) is 5.56 Å². The lowest BCUT2D eigenvalue weighted by atomic mass is 9.99. The third kappa shape index (κ3) is 3.15. The maximum atomic E-state index is 12.3. The van der Waals surface area contributed by atoms with E-state index in [1.165, 1.54) is 0 Å². The smallest absolute Gasteiger partial charge is 0.345 e.